The maximum absolute atomic E-state index is 13.0. The van der Waals surface area contributed by atoms with Gasteiger partial charge in [0.25, 0.3) is 0 Å². The van der Waals surface area contributed by atoms with E-state index in [2.05, 4.69) is 5.32 Å². The standard InChI is InChI=1S/C26H24N2O6.C2HF3O2/c27-19(14-15-6-8-16(29)9-7-15)26(33)34-13-3-12-28-20-10-11-21(30)23-22(20)24(31)17-4-1-2-5-18(17)25(23)32;3-2(4,5)1(6)7/h1-2,4-11,19,28-30H,3,12-14,27H2;(H,6,7)/t19-;/m0./s1. The molecule has 0 bridgehead atoms. The Hall–Kier alpha value is -4.91. The van der Waals surface area contributed by atoms with Gasteiger partial charge in [0.15, 0.2) is 11.6 Å². The third kappa shape index (κ3) is 7.60. The Morgan fingerprint density at radius 2 is 1.46 bits per heavy atom. The molecule has 41 heavy (non-hydrogen) atoms. The van der Waals surface area contributed by atoms with E-state index in [1.54, 1.807) is 42.5 Å². The van der Waals surface area contributed by atoms with Gasteiger partial charge in [-0.2, -0.15) is 13.2 Å². The first-order chi connectivity index (χ1) is 19.3. The number of nitrogens with one attached hydrogen (secondary N) is 1. The molecule has 0 aliphatic heterocycles. The number of aliphatic carboxylic acids is 1. The minimum atomic E-state index is -5.08. The number of ketones is 2. The van der Waals surface area contributed by atoms with Gasteiger partial charge in [-0.25, -0.2) is 4.79 Å². The summed E-state index contributed by atoms with van der Waals surface area (Å²) in [6, 6.07) is 15.0. The van der Waals surface area contributed by atoms with Gasteiger partial charge in [0, 0.05) is 23.4 Å². The number of hydrogen-bond donors (Lipinski definition) is 5. The smallest absolute Gasteiger partial charge is 0.490 e. The van der Waals surface area contributed by atoms with Gasteiger partial charge in [0.2, 0.25) is 0 Å². The molecule has 0 amide bonds. The highest BCUT2D eigenvalue weighted by molar-refractivity contribution is 6.31. The Labute approximate surface area is 231 Å². The summed E-state index contributed by atoms with van der Waals surface area (Å²) in [5.41, 5.74) is 7.82. The number of carbonyl (C=O) groups is 4. The Morgan fingerprint density at radius 3 is 2.02 bits per heavy atom. The number of phenols is 2. The molecule has 10 nitrogen and oxygen atoms in total. The molecule has 3 aromatic rings. The van der Waals surface area contributed by atoms with Crippen LogP contribution < -0.4 is 11.1 Å². The van der Waals surface area contributed by atoms with Gasteiger partial charge in [-0.1, -0.05) is 36.4 Å². The van der Waals surface area contributed by atoms with Crippen molar-refractivity contribution in [3.63, 3.8) is 0 Å². The summed E-state index contributed by atoms with van der Waals surface area (Å²) in [5.74, 6) is -4.14. The Balaban J connectivity index is 0.000000587. The lowest BCUT2D eigenvalue weighted by molar-refractivity contribution is -0.192. The lowest BCUT2D eigenvalue weighted by Gasteiger charge is -2.21. The van der Waals surface area contributed by atoms with Crippen LogP contribution in [0.5, 0.6) is 11.5 Å². The first-order valence-corrected chi connectivity index (χ1v) is 12.1. The number of phenolic OH excluding ortho intramolecular Hbond substituents is 2. The Kier molecular flexibility index (Phi) is 9.68. The van der Waals surface area contributed by atoms with Crippen LogP contribution in [0.2, 0.25) is 0 Å². The summed E-state index contributed by atoms with van der Waals surface area (Å²) in [6.07, 6.45) is -4.36. The fourth-order valence-electron chi connectivity index (χ4n) is 3.90. The largest absolute Gasteiger partial charge is 0.508 e. The van der Waals surface area contributed by atoms with E-state index in [9.17, 15) is 37.8 Å². The second-order valence-corrected chi connectivity index (χ2v) is 8.81. The highest BCUT2D eigenvalue weighted by Crippen LogP contribution is 2.36. The Bertz CT molecular complexity index is 1460. The average molecular weight is 575 g/mol. The van der Waals surface area contributed by atoms with Crippen LogP contribution in [0, 0.1) is 0 Å². The van der Waals surface area contributed by atoms with Crippen LogP contribution in [0.15, 0.2) is 60.7 Å². The fourth-order valence-corrected chi connectivity index (χ4v) is 3.90. The summed E-state index contributed by atoms with van der Waals surface area (Å²) < 4.78 is 37.0. The van der Waals surface area contributed by atoms with E-state index in [-0.39, 0.29) is 47.0 Å². The lowest BCUT2D eigenvalue weighted by Crippen LogP contribution is -2.34. The molecular formula is C28H25F3N2O8. The van der Waals surface area contributed by atoms with E-state index in [0.29, 0.717) is 24.2 Å². The van der Waals surface area contributed by atoms with Crippen molar-refractivity contribution in [1.82, 2.24) is 0 Å². The molecule has 0 spiro atoms. The number of carboxylic acid groups (broad SMARTS) is 1. The SMILES string of the molecule is N[C@@H](Cc1ccc(O)cc1)C(=O)OCCCNc1ccc(O)c2c1C(=O)c1ccccc1C2=O.O=C(O)C(F)(F)F. The van der Waals surface area contributed by atoms with Gasteiger partial charge in [0.05, 0.1) is 17.7 Å². The number of anilines is 1. The van der Waals surface area contributed by atoms with E-state index in [1.807, 2.05) is 0 Å². The van der Waals surface area contributed by atoms with Crippen LogP contribution in [-0.2, 0) is 20.7 Å². The Morgan fingerprint density at radius 1 is 0.902 bits per heavy atom. The summed E-state index contributed by atoms with van der Waals surface area (Å²) in [7, 11) is 0. The van der Waals surface area contributed by atoms with E-state index in [4.69, 9.17) is 20.4 Å². The van der Waals surface area contributed by atoms with Crippen LogP contribution in [0.25, 0.3) is 0 Å². The van der Waals surface area contributed by atoms with Crippen LogP contribution >= 0.6 is 0 Å². The number of nitrogens with two attached hydrogens (primary N) is 1. The number of hydrogen-bond acceptors (Lipinski definition) is 9. The van der Waals surface area contributed by atoms with Crippen molar-refractivity contribution in [3.8, 4) is 11.5 Å². The predicted molar refractivity (Wildman–Crippen MR) is 139 cm³/mol. The molecule has 0 fully saturated rings. The maximum Gasteiger partial charge on any atom is 0.490 e. The third-order valence-corrected chi connectivity index (χ3v) is 5.87. The summed E-state index contributed by atoms with van der Waals surface area (Å²) in [4.78, 5) is 47.0. The van der Waals surface area contributed by atoms with Crippen molar-refractivity contribution in [2.24, 2.45) is 5.73 Å². The van der Waals surface area contributed by atoms with Crippen molar-refractivity contribution in [1.29, 1.82) is 0 Å². The van der Waals surface area contributed by atoms with Crippen molar-refractivity contribution in [3.05, 3.63) is 88.5 Å². The summed E-state index contributed by atoms with van der Waals surface area (Å²) in [6.45, 7) is 0.478. The van der Waals surface area contributed by atoms with Gasteiger partial charge in [-0.15, -0.1) is 0 Å². The molecule has 0 unspecified atom stereocenters. The molecule has 1 atom stereocenters. The van der Waals surface area contributed by atoms with Crippen LogP contribution in [0.1, 0.15) is 43.8 Å². The maximum atomic E-state index is 13.0. The van der Waals surface area contributed by atoms with Crippen molar-refractivity contribution >= 4 is 29.2 Å². The molecule has 6 N–H and O–H groups in total. The minimum Gasteiger partial charge on any atom is -0.508 e. The van der Waals surface area contributed by atoms with E-state index >= 15 is 0 Å². The first kappa shape index (κ1) is 30.6. The lowest BCUT2D eigenvalue weighted by atomic mass is 9.82. The zero-order valence-electron chi connectivity index (χ0n) is 21.3. The molecule has 3 aromatic carbocycles. The van der Waals surface area contributed by atoms with E-state index in [1.165, 1.54) is 18.2 Å². The van der Waals surface area contributed by atoms with Crippen molar-refractivity contribution in [2.45, 2.75) is 25.1 Å². The second-order valence-electron chi connectivity index (χ2n) is 8.81. The zero-order chi connectivity index (χ0) is 30.3. The van der Waals surface area contributed by atoms with Crippen LogP contribution in [-0.4, -0.2) is 64.2 Å². The van der Waals surface area contributed by atoms with Crippen LogP contribution in [0.3, 0.4) is 0 Å². The molecule has 216 valence electrons. The molecule has 0 aromatic heterocycles. The predicted octanol–water partition coefficient (Wildman–Crippen LogP) is 3.42. The van der Waals surface area contributed by atoms with E-state index in [0.717, 1.165) is 5.56 Å². The number of aromatic hydroxyl groups is 2. The molecule has 1 aliphatic carbocycles. The number of esters is 1. The van der Waals surface area contributed by atoms with Crippen molar-refractivity contribution < 1.29 is 52.4 Å². The number of carbonyl (C=O) groups excluding carboxylic acids is 3. The van der Waals surface area contributed by atoms with Gasteiger partial charge in [0.1, 0.15) is 17.5 Å². The number of rotatable bonds is 8. The monoisotopic (exact) mass is 574 g/mol. The molecule has 13 heteroatoms. The molecule has 4 rings (SSSR count). The summed E-state index contributed by atoms with van der Waals surface area (Å²) >= 11 is 0. The third-order valence-electron chi connectivity index (χ3n) is 5.87. The first-order valence-electron chi connectivity index (χ1n) is 12.1. The quantitative estimate of drug-likeness (QED) is 0.119. The number of fused-ring (bicyclic) bond motifs is 2. The molecule has 0 saturated carbocycles. The highest BCUT2D eigenvalue weighted by atomic mass is 19.4. The molecule has 0 saturated heterocycles. The molecule has 1 aliphatic rings. The normalized spacial score (nSPS) is 12.8. The second kappa shape index (κ2) is 13.0. The average Bonchev–Trinajstić information content (AvgIpc) is 2.93. The number of ether oxygens (including phenoxy) is 1. The number of halogens is 3. The van der Waals surface area contributed by atoms with Gasteiger partial charge >= 0.3 is 18.1 Å². The number of carboxylic acids is 1. The van der Waals surface area contributed by atoms with E-state index < -0.39 is 29.9 Å². The molecule has 0 heterocycles. The van der Waals surface area contributed by atoms with Gasteiger partial charge in [-0.3, -0.25) is 14.4 Å². The topological polar surface area (TPSA) is 176 Å². The summed E-state index contributed by atoms with van der Waals surface area (Å²) in [5, 5.41) is 29.8. The number of benzene rings is 3. The van der Waals surface area contributed by atoms with Crippen molar-refractivity contribution in [2.75, 3.05) is 18.5 Å². The minimum absolute atomic E-state index is 0.0136. The highest BCUT2D eigenvalue weighted by Gasteiger charge is 2.38. The zero-order valence-corrected chi connectivity index (χ0v) is 21.3. The fraction of sp³-hybridized carbons (Fsp3) is 0.214. The van der Waals surface area contributed by atoms with Gasteiger partial charge < -0.3 is 31.1 Å². The van der Waals surface area contributed by atoms with Crippen LogP contribution in [0.4, 0.5) is 18.9 Å². The molecule has 0 radical (unpaired) electrons. The molecular weight excluding hydrogens is 549 g/mol. The number of alkyl halides is 3. The van der Waals surface area contributed by atoms with Gasteiger partial charge in [-0.05, 0) is 42.7 Å².